The van der Waals surface area contributed by atoms with Crippen molar-refractivity contribution in [3.63, 3.8) is 0 Å². The SMILES string of the molecule is Cc1cc(C=CC(=O)c2ccccc2OCCC2CCCCC2)cc(C)c1O. The minimum atomic E-state index is -0.0725. The summed E-state index contributed by atoms with van der Waals surface area (Å²) in [5, 5.41) is 9.89. The van der Waals surface area contributed by atoms with Gasteiger partial charge in [-0.1, -0.05) is 50.3 Å². The van der Waals surface area contributed by atoms with Crippen LogP contribution in [0.5, 0.6) is 11.5 Å². The second-order valence-corrected chi connectivity index (χ2v) is 7.84. The van der Waals surface area contributed by atoms with E-state index in [9.17, 15) is 9.90 Å². The molecule has 0 spiro atoms. The number of phenolic OH excluding ortho intramolecular Hbond substituents is 1. The van der Waals surface area contributed by atoms with Crippen LogP contribution in [0.25, 0.3) is 6.08 Å². The lowest BCUT2D eigenvalue weighted by Crippen LogP contribution is -2.11. The monoisotopic (exact) mass is 378 g/mol. The number of benzene rings is 2. The Balaban J connectivity index is 1.65. The molecule has 1 fully saturated rings. The van der Waals surface area contributed by atoms with Gasteiger partial charge in [-0.05, 0) is 73.2 Å². The van der Waals surface area contributed by atoms with E-state index in [0.717, 1.165) is 29.0 Å². The maximum absolute atomic E-state index is 12.7. The predicted molar refractivity (Wildman–Crippen MR) is 114 cm³/mol. The average molecular weight is 379 g/mol. The predicted octanol–water partition coefficient (Wildman–Crippen LogP) is 6.25. The highest BCUT2D eigenvalue weighted by Crippen LogP contribution is 2.27. The van der Waals surface area contributed by atoms with Gasteiger partial charge in [0.15, 0.2) is 5.78 Å². The van der Waals surface area contributed by atoms with E-state index >= 15 is 0 Å². The highest BCUT2D eigenvalue weighted by atomic mass is 16.5. The standard InChI is InChI=1S/C25H30O3/c1-18-16-21(17-19(2)25(18)27)12-13-23(26)22-10-6-7-11-24(22)28-15-14-20-8-4-3-5-9-20/h6-7,10-13,16-17,20,27H,3-5,8-9,14-15H2,1-2H3. The van der Waals surface area contributed by atoms with E-state index in [1.165, 1.54) is 32.1 Å². The molecule has 3 heteroatoms. The maximum Gasteiger partial charge on any atom is 0.189 e. The molecule has 0 amide bonds. The van der Waals surface area contributed by atoms with Gasteiger partial charge in [0.1, 0.15) is 11.5 Å². The number of para-hydroxylation sites is 1. The lowest BCUT2D eigenvalue weighted by atomic mass is 9.87. The van der Waals surface area contributed by atoms with Gasteiger partial charge < -0.3 is 9.84 Å². The molecule has 2 aromatic carbocycles. The lowest BCUT2D eigenvalue weighted by molar-refractivity contribution is 0.104. The fourth-order valence-electron chi connectivity index (χ4n) is 3.95. The number of ketones is 1. The van der Waals surface area contributed by atoms with Gasteiger partial charge in [-0.25, -0.2) is 0 Å². The highest BCUT2D eigenvalue weighted by Gasteiger charge is 2.14. The number of allylic oxidation sites excluding steroid dienone is 1. The molecule has 0 aliphatic heterocycles. The third-order valence-corrected chi connectivity index (χ3v) is 5.60. The van der Waals surface area contributed by atoms with Crippen LogP contribution in [0.2, 0.25) is 0 Å². The van der Waals surface area contributed by atoms with Crippen LogP contribution >= 0.6 is 0 Å². The summed E-state index contributed by atoms with van der Waals surface area (Å²) in [6.07, 6.45) is 11.1. The summed E-state index contributed by atoms with van der Waals surface area (Å²) < 4.78 is 5.98. The molecular weight excluding hydrogens is 348 g/mol. The van der Waals surface area contributed by atoms with Gasteiger partial charge in [0.2, 0.25) is 0 Å². The van der Waals surface area contributed by atoms with Crippen molar-refractivity contribution in [3.05, 3.63) is 64.7 Å². The molecule has 0 heterocycles. The molecule has 28 heavy (non-hydrogen) atoms. The van der Waals surface area contributed by atoms with Crippen LogP contribution < -0.4 is 4.74 Å². The Morgan fingerprint density at radius 3 is 2.50 bits per heavy atom. The van der Waals surface area contributed by atoms with Crippen molar-refractivity contribution >= 4 is 11.9 Å². The maximum atomic E-state index is 12.7. The number of carbonyl (C=O) groups is 1. The second kappa shape index (κ2) is 9.59. The molecule has 0 radical (unpaired) electrons. The summed E-state index contributed by atoms with van der Waals surface area (Å²) >= 11 is 0. The molecule has 0 unspecified atom stereocenters. The van der Waals surface area contributed by atoms with Gasteiger partial charge in [0, 0.05) is 0 Å². The van der Waals surface area contributed by atoms with Crippen molar-refractivity contribution in [2.75, 3.05) is 6.61 Å². The van der Waals surface area contributed by atoms with Gasteiger partial charge in [0.05, 0.1) is 12.2 Å². The van der Waals surface area contributed by atoms with Gasteiger partial charge in [-0.3, -0.25) is 4.79 Å². The van der Waals surface area contributed by atoms with E-state index in [-0.39, 0.29) is 5.78 Å². The van der Waals surface area contributed by atoms with E-state index in [1.807, 2.05) is 50.2 Å². The highest BCUT2D eigenvalue weighted by molar-refractivity contribution is 6.08. The van der Waals surface area contributed by atoms with Gasteiger partial charge >= 0.3 is 0 Å². The number of hydrogen-bond donors (Lipinski definition) is 1. The number of hydrogen-bond acceptors (Lipinski definition) is 3. The van der Waals surface area contributed by atoms with Crippen molar-refractivity contribution in [2.24, 2.45) is 5.92 Å². The van der Waals surface area contributed by atoms with E-state index in [2.05, 4.69) is 0 Å². The van der Waals surface area contributed by atoms with E-state index in [1.54, 1.807) is 12.2 Å². The van der Waals surface area contributed by atoms with Crippen LogP contribution in [0.4, 0.5) is 0 Å². The zero-order valence-corrected chi connectivity index (χ0v) is 16.9. The van der Waals surface area contributed by atoms with Gasteiger partial charge in [-0.15, -0.1) is 0 Å². The van der Waals surface area contributed by atoms with Crippen LogP contribution in [0, 0.1) is 19.8 Å². The van der Waals surface area contributed by atoms with Crippen molar-refractivity contribution in [2.45, 2.75) is 52.4 Å². The molecule has 3 nitrogen and oxygen atoms in total. The first-order valence-corrected chi connectivity index (χ1v) is 10.3. The molecule has 3 rings (SSSR count). The number of aryl methyl sites for hydroxylation is 2. The topological polar surface area (TPSA) is 46.5 Å². The molecule has 0 bridgehead atoms. The minimum Gasteiger partial charge on any atom is -0.507 e. The number of aromatic hydroxyl groups is 1. The first-order valence-electron chi connectivity index (χ1n) is 10.3. The molecule has 0 atom stereocenters. The van der Waals surface area contributed by atoms with Crippen LogP contribution in [-0.4, -0.2) is 17.5 Å². The average Bonchev–Trinajstić information content (AvgIpc) is 2.71. The summed E-state index contributed by atoms with van der Waals surface area (Å²) in [6, 6.07) is 11.2. The van der Waals surface area contributed by atoms with E-state index in [0.29, 0.717) is 23.7 Å². The molecule has 1 aliphatic rings. The Kier molecular flexibility index (Phi) is 6.91. The first-order chi connectivity index (χ1) is 13.5. The molecule has 1 aliphatic carbocycles. The van der Waals surface area contributed by atoms with Crippen molar-refractivity contribution in [1.82, 2.24) is 0 Å². The Bertz CT molecular complexity index is 822. The number of carbonyl (C=O) groups excluding carboxylic acids is 1. The summed E-state index contributed by atoms with van der Waals surface area (Å²) in [4.78, 5) is 12.7. The molecular formula is C25H30O3. The summed E-state index contributed by atoms with van der Waals surface area (Å²) in [5.41, 5.74) is 3.10. The summed E-state index contributed by atoms with van der Waals surface area (Å²) in [7, 11) is 0. The number of phenols is 1. The molecule has 2 aromatic rings. The van der Waals surface area contributed by atoms with Gasteiger partial charge in [0.25, 0.3) is 0 Å². The quantitative estimate of drug-likeness (QED) is 0.457. The summed E-state index contributed by atoms with van der Waals surface area (Å²) in [6.45, 7) is 4.38. The molecule has 0 saturated heterocycles. The third kappa shape index (κ3) is 5.25. The van der Waals surface area contributed by atoms with Crippen molar-refractivity contribution in [3.8, 4) is 11.5 Å². The molecule has 1 saturated carbocycles. The molecule has 148 valence electrons. The van der Waals surface area contributed by atoms with Crippen LogP contribution in [-0.2, 0) is 0 Å². The Morgan fingerprint density at radius 2 is 1.79 bits per heavy atom. The number of rotatable bonds is 7. The normalized spacial score (nSPS) is 15.1. The zero-order chi connectivity index (χ0) is 19.9. The Labute approximate surface area is 168 Å². The Morgan fingerprint density at radius 1 is 1.11 bits per heavy atom. The van der Waals surface area contributed by atoms with Crippen molar-refractivity contribution < 1.29 is 14.6 Å². The second-order valence-electron chi connectivity index (χ2n) is 7.84. The number of ether oxygens (including phenoxy) is 1. The lowest BCUT2D eigenvalue weighted by Gasteiger charge is -2.21. The first kappa shape index (κ1) is 20.2. The van der Waals surface area contributed by atoms with E-state index in [4.69, 9.17) is 4.74 Å². The van der Waals surface area contributed by atoms with E-state index < -0.39 is 0 Å². The minimum absolute atomic E-state index is 0.0725. The van der Waals surface area contributed by atoms with Crippen LogP contribution in [0.3, 0.4) is 0 Å². The Hall–Kier alpha value is -2.55. The van der Waals surface area contributed by atoms with Crippen molar-refractivity contribution in [1.29, 1.82) is 0 Å². The zero-order valence-electron chi connectivity index (χ0n) is 16.9. The smallest absolute Gasteiger partial charge is 0.189 e. The summed E-state index contributed by atoms with van der Waals surface area (Å²) in [5.74, 6) is 1.65. The third-order valence-electron chi connectivity index (χ3n) is 5.60. The van der Waals surface area contributed by atoms with Crippen LogP contribution in [0.15, 0.2) is 42.5 Å². The van der Waals surface area contributed by atoms with Gasteiger partial charge in [-0.2, -0.15) is 0 Å². The fraction of sp³-hybridized carbons (Fsp3) is 0.400. The van der Waals surface area contributed by atoms with Crippen LogP contribution in [0.1, 0.15) is 65.6 Å². The largest absolute Gasteiger partial charge is 0.507 e. The fourth-order valence-corrected chi connectivity index (χ4v) is 3.95. The molecule has 0 aromatic heterocycles. The molecule has 1 N–H and O–H groups in total.